The Bertz CT molecular complexity index is 168. The zero-order valence-electron chi connectivity index (χ0n) is 8.07. The lowest BCUT2D eigenvalue weighted by atomic mass is 10.7. The highest BCUT2D eigenvalue weighted by atomic mass is 32.2. The Hall–Kier alpha value is -0.480. The summed E-state index contributed by atoms with van der Waals surface area (Å²) >= 11 is 1.56. The van der Waals surface area contributed by atoms with Gasteiger partial charge in [0.25, 0.3) is 0 Å². The van der Waals surface area contributed by atoms with Crippen LogP contribution in [0.15, 0.2) is 17.3 Å². The van der Waals surface area contributed by atoms with Crippen LogP contribution in [0.2, 0.25) is 0 Å². The minimum absolute atomic E-state index is 0.659. The predicted molar refractivity (Wildman–Crippen MR) is 55.2 cm³/mol. The maximum absolute atomic E-state index is 5.24. The van der Waals surface area contributed by atoms with Gasteiger partial charge >= 0.3 is 0 Å². The molecule has 4 heteroatoms. The Morgan fingerprint density at radius 3 is 2.75 bits per heavy atom. The van der Waals surface area contributed by atoms with Crippen molar-refractivity contribution in [3.8, 4) is 0 Å². The summed E-state index contributed by atoms with van der Waals surface area (Å²) in [7, 11) is 1.85. The Labute approximate surface area is 78.5 Å². The summed E-state index contributed by atoms with van der Waals surface area (Å²) in [6, 6.07) is 0. The lowest BCUT2D eigenvalue weighted by molar-refractivity contribution is -0.0696. The fourth-order valence-electron chi connectivity index (χ4n) is 0.650. The molecule has 3 nitrogen and oxygen atoms in total. The van der Waals surface area contributed by atoms with E-state index >= 15 is 0 Å². The fraction of sp³-hybridized carbons (Fsp3) is 0.625. The first kappa shape index (κ1) is 11.5. The van der Waals surface area contributed by atoms with Crippen LogP contribution >= 0.6 is 11.8 Å². The largest absolute Gasteiger partial charge is 0.272 e. The number of amidine groups is 1. The molecule has 0 aromatic heterocycles. The quantitative estimate of drug-likeness (QED) is 0.385. The average Bonchev–Trinajstić information content (AvgIpc) is 2.06. The van der Waals surface area contributed by atoms with Gasteiger partial charge in [-0.2, -0.15) is 0 Å². The fourth-order valence-corrected chi connectivity index (χ4v) is 1.13. The minimum atomic E-state index is 0.659. The molecule has 0 aromatic rings. The van der Waals surface area contributed by atoms with E-state index in [1.54, 1.807) is 23.0 Å². The normalized spacial score (nSPS) is 12.5. The SMILES string of the molecule is C/C=C\N=C(SC)N(C)OCC. The van der Waals surface area contributed by atoms with Crippen LogP contribution in [0.4, 0.5) is 0 Å². The van der Waals surface area contributed by atoms with E-state index in [9.17, 15) is 0 Å². The molecule has 0 N–H and O–H groups in total. The van der Waals surface area contributed by atoms with Crippen LogP contribution in [0.1, 0.15) is 13.8 Å². The molecule has 0 heterocycles. The number of thioether (sulfide) groups is 1. The van der Waals surface area contributed by atoms with Crippen molar-refractivity contribution in [2.45, 2.75) is 13.8 Å². The van der Waals surface area contributed by atoms with E-state index in [4.69, 9.17) is 4.84 Å². The van der Waals surface area contributed by atoms with Gasteiger partial charge in [0.2, 0.25) is 0 Å². The standard InChI is InChI=1S/C8H16N2OS/c1-5-7-9-8(12-4)10(3)11-6-2/h5,7H,6H2,1-4H3/b7-5-,9-8?. The molecule has 0 spiro atoms. The first-order valence-corrected chi connectivity index (χ1v) is 5.08. The van der Waals surface area contributed by atoms with Gasteiger partial charge in [-0.25, -0.2) is 10.1 Å². The second-order valence-electron chi connectivity index (χ2n) is 2.01. The second-order valence-corrected chi connectivity index (χ2v) is 2.79. The number of hydroxylamine groups is 2. The molecule has 0 saturated heterocycles. The van der Waals surface area contributed by atoms with E-state index in [-0.39, 0.29) is 0 Å². The van der Waals surface area contributed by atoms with Crippen molar-refractivity contribution in [3.05, 3.63) is 12.3 Å². The number of aliphatic imine (C=N–C) groups is 1. The van der Waals surface area contributed by atoms with Crippen molar-refractivity contribution < 1.29 is 4.84 Å². The van der Waals surface area contributed by atoms with Crippen molar-refractivity contribution in [3.63, 3.8) is 0 Å². The highest BCUT2D eigenvalue weighted by Crippen LogP contribution is 2.03. The first-order chi connectivity index (χ1) is 5.76. The van der Waals surface area contributed by atoms with Gasteiger partial charge in [-0.3, -0.25) is 4.84 Å². The number of rotatable bonds is 3. The monoisotopic (exact) mass is 188 g/mol. The van der Waals surface area contributed by atoms with Crippen LogP contribution in [0.3, 0.4) is 0 Å². The first-order valence-electron chi connectivity index (χ1n) is 3.85. The molecule has 0 aromatic carbocycles. The molecule has 0 aliphatic carbocycles. The third-order valence-electron chi connectivity index (χ3n) is 1.11. The summed E-state index contributed by atoms with van der Waals surface area (Å²) in [6.07, 6.45) is 5.61. The molecule has 0 aliphatic heterocycles. The maximum Gasteiger partial charge on any atom is 0.187 e. The predicted octanol–water partition coefficient (Wildman–Crippen LogP) is 2.12. The molecule has 0 bridgehead atoms. The molecular formula is C8H16N2OS. The van der Waals surface area contributed by atoms with Crippen molar-refractivity contribution in [2.75, 3.05) is 19.9 Å². The van der Waals surface area contributed by atoms with E-state index in [2.05, 4.69) is 4.99 Å². The van der Waals surface area contributed by atoms with Crippen LogP contribution in [-0.4, -0.2) is 30.1 Å². The second kappa shape index (κ2) is 7.18. The van der Waals surface area contributed by atoms with Gasteiger partial charge < -0.3 is 0 Å². The van der Waals surface area contributed by atoms with Crippen molar-refractivity contribution >= 4 is 16.9 Å². The summed E-state index contributed by atoms with van der Waals surface area (Å²) in [6.45, 7) is 4.54. The molecule has 0 rings (SSSR count). The summed E-state index contributed by atoms with van der Waals surface area (Å²) in [4.78, 5) is 9.42. The van der Waals surface area contributed by atoms with Gasteiger partial charge in [-0.1, -0.05) is 17.8 Å². The molecule has 0 atom stereocenters. The molecule has 0 aliphatic rings. The zero-order valence-corrected chi connectivity index (χ0v) is 8.89. The molecule has 0 radical (unpaired) electrons. The molecular weight excluding hydrogens is 172 g/mol. The number of hydrogen-bond donors (Lipinski definition) is 0. The summed E-state index contributed by atoms with van der Waals surface area (Å²) < 4.78 is 0. The maximum atomic E-state index is 5.24. The number of nitrogens with zero attached hydrogens (tertiary/aromatic N) is 2. The van der Waals surface area contributed by atoms with Crippen molar-refractivity contribution in [1.29, 1.82) is 0 Å². The van der Waals surface area contributed by atoms with Gasteiger partial charge in [0.15, 0.2) is 5.17 Å². The van der Waals surface area contributed by atoms with E-state index in [0.29, 0.717) is 6.61 Å². The highest BCUT2D eigenvalue weighted by molar-refractivity contribution is 8.13. The van der Waals surface area contributed by atoms with E-state index in [0.717, 1.165) is 5.17 Å². The average molecular weight is 188 g/mol. The molecule has 0 amide bonds. The van der Waals surface area contributed by atoms with Crippen LogP contribution < -0.4 is 0 Å². The third-order valence-corrected chi connectivity index (χ3v) is 1.84. The Morgan fingerprint density at radius 2 is 2.33 bits per heavy atom. The lowest BCUT2D eigenvalue weighted by Crippen LogP contribution is -2.23. The number of hydrogen-bond acceptors (Lipinski definition) is 3. The molecule has 0 fully saturated rings. The molecule has 0 unspecified atom stereocenters. The van der Waals surface area contributed by atoms with Crippen LogP contribution in [0, 0.1) is 0 Å². The van der Waals surface area contributed by atoms with E-state index in [1.807, 2.05) is 33.2 Å². The van der Waals surface area contributed by atoms with Gasteiger partial charge in [-0.15, -0.1) is 0 Å². The number of allylic oxidation sites excluding steroid dienone is 1. The summed E-state index contributed by atoms with van der Waals surface area (Å²) in [5, 5.41) is 2.53. The topological polar surface area (TPSA) is 24.8 Å². The van der Waals surface area contributed by atoms with Gasteiger partial charge in [0.05, 0.1) is 6.61 Å². The Morgan fingerprint density at radius 1 is 1.67 bits per heavy atom. The highest BCUT2D eigenvalue weighted by Gasteiger charge is 2.02. The lowest BCUT2D eigenvalue weighted by Gasteiger charge is -2.17. The third kappa shape index (κ3) is 4.41. The van der Waals surface area contributed by atoms with Crippen LogP contribution in [0.25, 0.3) is 0 Å². The molecule has 70 valence electrons. The van der Waals surface area contributed by atoms with Crippen molar-refractivity contribution in [2.24, 2.45) is 4.99 Å². The van der Waals surface area contributed by atoms with E-state index < -0.39 is 0 Å². The van der Waals surface area contributed by atoms with Crippen LogP contribution in [-0.2, 0) is 4.84 Å². The smallest absolute Gasteiger partial charge is 0.187 e. The molecule has 12 heavy (non-hydrogen) atoms. The van der Waals surface area contributed by atoms with Crippen molar-refractivity contribution in [1.82, 2.24) is 5.06 Å². The Kier molecular flexibility index (Phi) is 6.90. The Balaban J connectivity index is 4.12. The minimum Gasteiger partial charge on any atom is -0.272 e. The van der Waals surface area contributed by atoms with Gasteiger partial charge in [0, 0.05) is 13.2 Å². The van der Waals surface area contributed by atoms with Gasteiger partial charge in [-0.05, 0) is 20.1 Å². The summed E-state index contributed by atoms with van der Waals surface area (Å²) in [5.41, 5.74) is 0. The van der Waals surface area contributed by atoms with Gasteiger partial charge in [0.1, 0.15) is 0 Å². The zero-order chi connectivity index (χ0) is 9.40. The summed E-state index contributed by atoms with van der Waals surface area (Å²) in [5.74, 6) is 0. The van der Waals surface area contributed by atoms with E-state index in [1.165, 1.54) is 0 Å². The van der Waals surface area contributed by atoms with Crippen LogP contribution in [0.5, 0.6) is 0 Å². The molecule has 0 saturated carbocycles.